The Hall–Kier alpha value is -2.95. The van der Waals surface area contributed by atoms with Gasteiger partial charge in [0.1, 0.15) is 0 Å². The summed E-state index contributed by atoms with van der Waals surface area (Å²) in [5.74, 6) is -0.362. The second-order valence-electron chi connectivity index (χ2n) is 8.85. The topological polar surface area (TPSA) is 76.6 Å². The molecule has 0 saturated heterocycles. The summed E-state index contributed by atoms with van der Waals surface area (Å²) >= 11 is 0. The van der Waals surface area contributed by atoms with Gasteiger partial charge in [-0.1, -0.05) is 26.8 Å². The van der Waals surface area contributed by atoms with Gasteiger partial charge in [-0.15, -0.1) is 0 Å². The number of rotatable bonds is 3. The fourth-order valence-electron chi connectivity index (χ4n) is 3.74. The van der Waals surface area contributed by atoms with Crippen LogP contribution < -0.4 is 4.90 Å². The van der Waals surface area contributed by atoms with Crippen LogP contribution in [-0.2, 0) is 15.6 Å². The molecule has 1 aromatic heterocycles. The standard InChI is InChI=1S/C23H26N2O3/c1-22(2,3)20-12-14-11-16(6-7-17(14)24-20)25(4)21(28)23(9-10-23)15-5-8-18(26)19(27)13-15/h5-8,11-13,24,26-27H,9-10H2,1-4H3. The van der Waals surface area contributed by atoms with Gasteiger partial charge in [0.25, 0.3) is 0 Å². The fraction of sp³-hybridized carbons (Fsp3) is 0.348. The van der Waals surface area contributed by atoms with Crippen LogP contribution in [0.5, 0.6) is 11.5 Å². The minimum Gasteiger partial charge on any atom is -0.504 e. The minimum absolute atomic E-state index is 0.00326. The molecule has 0 unspecified atom stereocenters. The van der Waals surface area contributed by atoms with Crippen LogP contribution in [0.2, 0.25) is 0 Å². The van der Waals surface area contributed by atoms with Crippen LogP contribution >= 0.6 is 0 Å². The van der Waals surface area contributed by atoms with Gasteiger partial charge in [-0.05, 0) is 54.8 Å². The van der Waals surface area contributed by atoms with Gasteiger partial charge in [0.05, 0.1) is 5.41 Å². The second kappa shape index (κ2) is 6.03. The van der Waals surface area contributed by atoms with E-state index in [1.54, 1.807) is 18.0 Å². The highest BCUT2D eigenvalue weighted by molar-refractivity contribution is 6.04. The normalized spacial score (nSPS) is 15.6. The first kappa shape index (κ1) is 18.4. The minimum atomic E-state index is -0.621. The first-order valence-electron chi connectivity index (χ1n) is 9.56. The van der Waals surface area contributed by atoms with Crippen LogP contribution in [0.3, 0.4) is 0 Å². The number of H-pyrrole nitrogens is 1. The molecule has 1 aliphatic rings. The number of fused-ring (bicyclic) bond motifs is 1. The fourth-order valence-corrected chi connectivity index (χ4v) is 3.74. The Morgan fingerprint density at radius 3 is 2.36 bits per heavy atom. The van der Waals surface area contributed by atoms with Crippen LogP contribution in [-0.4, -0.2) is 28.2 Å². The van der Waals surface area contributed by atoms with Crippen molar-refractivity contribution in [1.82, 2.24) is 4.98 Å². The van der Waals surface area contributed by atoms with Crippen molar-refractivity contribution >= 4 is 22.5 Å². The number of aromatic amines is 1. The summed E-state index contributed by atoms with van der Waals surface area (Å²) in [4.78, 5) is 18.4. The molecule has 0 spiro atoms. The highest BCUT2D eigenvalue weighted by Crippen LogP contribution is 2.51. The van der Waals surface area contributed by atoms with Crippen molar-refractivity contribution in [2.45, 2.75) is 44.4 Å². The molecule has 1 fully saturated rings. The van der Waals surface area contributed by atoms with E-state index in [-0.39, 0.29) is 22.8 Å². The van der Waals surface area contributed by atoms with Gasteiger partial charge in [0.2, 0.25) is 5.91 Å². The Bertz CT molecular complexity index is 1070. The number of nitrogens with zero attached hydrogens (tertiary/aromatic N) is 1. The molecule has 3 aromatic rings. The van der Waals surface area contributed by atoms with Gasteiger partial charge in [0, 0.05) is 34.7 Å². The monoisotopic (exact) mass is 378 g/mol. The Morgan fingerprint density at radius 1 is 1.04 bits per heavy atom. The predicted molar refractivity (Wildman–Crippen MR) is 111 cm³/mol. The van der Waals surface area contributed by atoms with Crippen LogP contribution in [0.1, 0.15) is 44.9 Å². The summed E-state index contributed by atoms with van der Waals surface area (Å²) in [6.07, 6.45) is 1.47. The lowest BCUT2D eigenvalue weighted by Crippen LogP contribution is -2.36. The number of hydrogen-bond acceptors (Lipinski definition) is 3. The van der Waals surface area contributed by atoms with E-state index in [2.05, 4.69) is 31.8 Å². The van der Waals surface area contributed by atoms with Crippen molar-refractivity contribution in [3.63, 3.8) is 0 Å². The van der Waals surface area contributed by atoms with E-state index in [1.807, 2.05) is 18.2 Å². The number of carbonyl (C=O) groups excluding carboxylic acids is 1. The van der Waals surface area contributed by atoms with Crippen molar-refractivity contribution in [1.29, 1.82) is 0 Å². The summed E-state index contributed by atoms with van der Waals surface area (Å²) < 4.78 is 0. The average molecular weight is 378 g/mol. The maximum atomic E-state index is 13.3. The van der Waals surface area contributed by atoms with Crippen molar-refractivity contribution in [2.24, 2.45) is 0 Å². The molecule has 146 valence electrons. The number of phenolic OH excluding ortho intramolecular Hbond substituents is 2. The first-order chi connectivity index (χ1) is 13.1. The molecule has 0 bridgehead atoms. The molecule has 28 heavy (non-hydrogen) atoms. The summed E-state index contributed by atoms with van der Waals surface area (Å²) in [6.45, 7) is 6.49. The molecule has 5 nitrogen and oxygen atoms in total. The zero-order valence-corrected chi connectivity index (χ0v) is 16.7. The summed E-state index contributed by atoms with van der Waals surface area (Å²) in [5, 5.41) is 20.5. The smallest absolute Gasteiger partial charge is 0.237 e. The first-order valence-corrected chi connectivity index (χ1v) is 9.56. The quantitative estimate of drug-likeness (QED) is 0.584. The summed E-state index contributed by atoms with van der Waals surface area (Å²) in [5.41, 5.74) is 3.21. The molecule has 0 aliphatic heterocycles. The molecular formula is C23H26N2O3. The molecule has 1 aliphatic carbocycles. The molecule has 0 radical (unpaired) electrons. The third-order valence-electron chi connectivity index (χ3n) is 5.79. The molecule has 3 N–H and O–H groups in total. The third-order valence-corrected chi connectivity index (χ3v) is 5.79. The SMILES string of the molecule is CN(C(=O)C1(c2ccc(O)c(O)c2)CC1)c1ccc2[nH]c(C(C)(C)C)cc2c1. The van der Waals surface area contributed by atoms with Gasteiger partial charge >= 0.3 is 0 Å². The molecule has 0 atom stereocenters. The van der Waals surface area contributed by atoms with Gasteiger partial charge in [-0.2, -0.15) is 0 Å². The Kier molecular flexibility index (Phi) is 3.96. The number of carbonyl (C=O) groups is 1. The number of aromatic hydroxyl groups is 2. The van der Waals surface area contributed by atoms with Crippen molar-refractivity contribution < 1.29 is 15.0 Å². The number of phenols is 2. The molecule has 2 aromatic carbocycles. The second-order valence-corrected chi connectivity index (χ2v) is 8.85. The van der Waals surface area contributed by atoms with E-state index in [4.69, 9.17) is 0 Å². The summed E-state index contributed by atoms with van der Waals surface area (Å²) in [6, 6.07) is 12.8. The largest absolute Gasteiger partial charge is 0.504 e. The highest BCUT2D eigenvalue weighted by Gasteiger charge is 2.53. The Balaban J connectivity index is 1.66. The Morgan fingerprint density at radius 2 is 1.75 bits per heavy atom. The molecule has 5 heteroatoms. The molecule has 1 saturated carbocycles. The number of hydrogen-bond donors (Lipinski definition) is 3. The molecule has 4 rings (SSSR count). The molecule has 1 heterocycles. The van der Waals surface area contributed by atoms with Gasteiger partial charge in [-0.25, -0.2) is 0 Å². The zero-order chi connectivity index (χ0) is 20.3. The number of aromatic nitrogens is 1. The van der Waals surface area contributed by atoms with Gasteiger partial charge < -0.3 is 20.1 Å². The van der Waals surface area contributed by atoms with E-state index in [0.717, 1.165) is 40.7 Å². The number of anilines is 1. The zero-order valence-electron chi connectivity index (χ0n) is 16.7. The molecular weight excluding hydrogens is 352 g/mol. The maximum absolute atomic E-state index is 13.3. The van der Waals surface area contributed by atoms with E-state index in [9.17, 15) is 15.0 Å². The number of amides is 1. The number of nitrogens with one attached hydrogen (secondary N) is 1. The van der Waals surface area contributed by atoms with Crippen molar-refractivity contribution in [3.8, 4) is 11.5 Å². The van der Waals surface area contributed by atoms with E-state index in [0.29, 0.717) is 0 Å². The van der Waals surface area contributed by atoms with E-state index in [1.165, 1.54) is 12.1 Å². The lowest BCUT2D eigenvalue weighted by Gasteiger charge is -2.24. The lowest BCUT2D eigenvalue weighted by molar-refractivity contribution is -0.120. The van der Waals surface area contributed by atoms with Crippen LogP contribution in [0.15, 0.2) is 42.5 Å². The summed E-state index contributed by atoms with van der Waals surface area (Å²) in [7, 11) is 1.79. The lowest BCUT2D eigenvalue weighted by atomic mass is 9.92. The van der Waals surface area contributed by atoms with Crippen molar-refractivity contribution in [3.05, 3.63) is 53.7 Å². The highest BCUT2D eigenvalue weighted by atomic mass is 16.3. The van der Waals surface area contributed by atoms with Crippen LogP contribution in [0, 0.1) is 0 Å². The maximum Gasteiger partial charge on any atom is 0.237 e. The number of likely N-dealkylation sites (N-methyl/N-ethyl adjacent to an activating group) is 1. The van der Waals surface area contributed by atoms with Gasteiger partial charge in [0.15, 0.2) is 11.5 Å². The Labute approximate surface area is 164 Å². The van der Waals surface area contributed by atoms with Crippen molar-refractivity contribution in [2.75, 3.05) is 11.9 Å². The third kappa shape index (κ3) is 2.91. The van der Waals surface area contributed by atoms with E-state index >= 15 is 0 Å². The van der Waals surface area contributed by atoms with Crippen LogP contribution in [0.25, 0.3) is 10.9 Å². The average Bonchev–Trinajstić information content (AvgIpc) is 3.33. The number of benzene rings is 2. The molecule has 1 amide bonds. The van der Waals surface area contributed by atoms with Gasteiger partial charge in [-0.3, -0.25) is 4.79 Å². The predicted octanol–water partition coefficient (Wildman–Crippen LogP) is 4.57. The van der Waals surface area contributed by atoms with E-state index < -0.39 is 5.41 Å². The van der Waals surface area contributed by atoms with Crippen LogP contribution in [0.4, 0.5) is 5.69 Å².